The van der Waals surface area contributed by atoms with Crippen molar-refractivity contribution >= 4 is 22.5 Å². The van der Waals surface area contributed by atoms with Crippen LogP contribution in [0.2, 0.25) is 0 Å². The Morgan fingerprint density at radius 3 is 2.52 bits per heavy atom. The van der Waals surface area contributed by atoms with Gasteiger partial charge in [0, 0.05) is 47.4 Å². The van der Waals surface area contributed by atoms with Gasteiger partial charge in [-0.2, -0.15) is 0 Å². The number of aromatic amines is 1. The molecule has 0 fully saturated rings. The van der Waals surface area contributed by atoms with Gasteiger partial charge in [0.2, 0.25) is 0 Å². The number of aromatic nitrogens is 1. The van der Waals surface area contributed by atoms with E-state index in [0.29, 0.717) is 12.1 Å². The number of fused-ring (bicyclic) bond motifs is 3. The maximum atomic E-state index is 13.7. The molecule has 0 spiro atoms. The number of amides is 1. The van der Waals surface area contributed by atoms with Gasteiger partial charge in [-0.1, -0.05) is 25.5 Å². The predicted molar refractivity (Wildman–Crippen MR) is 131 cm³/mol. The molecule has 0 aliphatic heterocycles. The number of benzene rings is 2. The predicted octanol–water partition coefficient (Wildman–Crippen LogP) is 5.25. The summed E-state index contributed by atoms with van der Waals surface area (Å²) < 4.78 is 0. The van der Waals surface area contributed by atoms with Crippen LogP contribution in [0, 0.1) is 17.0 Å². The first-order valence-electron chi connectivity index (χ1n) is 11.8. The molecular weight excluding hydrogens is 416 g/mol. The number of H-pyrrole nitrogens is 1. The molecule has 1 amide bonds. The lowest BCUT2D eigenvalue weighted by atomic mass is 9.90. The lowest BCUT2D eigenvalue weighted by molar-refractivity contribution is -0.384. The van der Waals surface area contributed by atoms with E-state index in [9.17, 15) is 14.9 Å². The van der Waals surface area contributed by atoms with Crippen molar-refractivity contribution in [3.05, 3.63) is 75.0 Å². The Morgan fingerprint density at radius 2 is 1.85 bits per heavy atom. The average molecular weight is 449 g/mol. The minimum absolute atomic E-state index is 0.00724. The number of non-ortho nitro benzene ring substituents is 1. The van der Waals surface area contributed by atoms with Crippen molar-refractivity contribution in [3.8, 4) is 0 Å². The summed E-state index contributed by atoms with van der Waals surface area (Å²) in [6.07, 6.45) is 2.93. The SMILES string of the molecule is CCN(CC)CCN(C(=O)c1ccc([N+](=O)[O-])cc1)C1CCCc2c1[nH]c1ccc(C)cc21. The fourth-order valence-corrected chi connectivity index (χ4v) is 4.94. The average Bonchev–Trinajstić information content (AvgIpc) is 3.20. The van der Waals surface area contributed by atoms with Crippen molar-refractivity contribution < 1.29 is 9.72 Å². The molecule has 1 N–H and O–H groups in total. The summed E-state index contributed by atoms with van der Waals surface area (Å²) in [4.78, 5) is 32.2. The molecule has 0 saturated heterocycles. The summed E-state index contributed by atoms with van der Waals surface area (Å²) in [5, 5.41) is 12.3. The standard InChI is InChI=1S/C26H32N4O3/c1-4-28(5-2)15-16-29(26(31)19-10-12-20(13-11-19)30(32)33)24-8-6-7-21-22-17-18(3)9-14-23(22)27-25(21)24/h9-14,17,24,27H,4-8,15-16H2,1-3H3. The second-order valence-electron chi connectivity index (χ2n) is 8.80. The number of aryl methyl sites for hydroxylation is 2. The number of likely N-dealkylation sites (N-methyl/N-ethyl adjacent to an activating group) is 1. The molecule has 0 saturated carbocycles. The van der Waals surface area contributed by atoms with Crippen LogP contribution in [0.5, 0.6) is 0 Å². The van der Waals surface area contributed by atoms with Crippen LogP contribution in [0.3, 0.4) is 0 Å². The third kappa shape index (κ3) is 4.64. The highest BCUT2D eigenvalue weighted by molar-refractivity contribution is 5.95. The number of nitrogens with one attached hydrogen (secondary N) is 1. The summed E-state index contributed by atoms with van der Waals surface area (Å²) in [7, 11) is 0. The quantitative estimate of drug-likeness (QED) is 0.377. The summed E-state index contributed by atoms with van der Waals surface area (Å²) in [6, 6.07) is 12.4. The van der Waals surface area contributed by atoms with Crippen LogP contribution in [0.1, 0.15) is 59.9 Å². The van der Waals surface area contributed by atoms with Gasteiger partial charge < -0.3 is 14.8 Å². The number of hydrogen-bond donors (Lipinski definition) is 1. The molecule has 7 nitrogen and oxygen atoms in total. The van der Waals surface area contributed by atoms with E-state index in [2.05, 4.69) is 48.9 Å². The molecule has 4 rings (SSSR count). The molecule has 33 heavy (non-hydrogen) atoms. The van der Waals surface area contributed by atoms with Crippen LogP contribution in [-0.2, 0) is 6.42 Å². The smallest absolute Gasteiger partial charge is 0.269 e. The van der Waals surface area contributed by atoms with Gasteiger partial charge in [-0.3, -0.25) is 14.9 Å². The Labute approximate surface area is 194 Å². The molecule has 174 valence electrons. The highest BCUT2D eigenvalue weighted by atomic mass is 16.6. The van der Waals surface area contributed by atoms with Crippen LogP contribution >= 0.6 is 0 Å². The zero-order chi connectivity index (χ0) is 23.5. The molecule has 1 atom stereocenters. The second-order valence-corrected chi connectivity index (χ2v) is 8.80. The number of carbonyl (C=O) groups is 1. The number of nitro benzene ring substituents is 1. The molecule has 1 heterocycles. The third-order valence-corrected chi connectivity index (χ3v) is 6.85. The largest absolute Gasteiger partial charge is 0.356 e. The van der Waals surface area contributed by atoms with E-state index in [-0.39, 0.29) is 17.6 Å². The van der Waals surface area contributed by atoms with Crippen molar-refractivity contribution in [1.29, 1.82) is 0 Å². The van der Waals surface area contributed by atoms with E-state index in [1.165, 1.54) is 28.6 Å². The van der Waals surface area contributed by atoms with Crippen molar-refractivity contribution in [3.63, 3.8) is 0 Å². The normalized spacial score (nSPS) is 15.6. The second kappa shape index (κ2) is 9.75. The van der Waals surface area contributed by atoms with Gasteiger partial charge in [-0.25, -0.2) is 0 Å². The van der Waals surface area contributed by atoms with E-state index in [4.69, 9.17) is 0 Å². The first kappa shape index (κ1) is 23.0. The number of hydrogen-bond acceptors (Lipinski definition) is 4. The maximum Gasteiger partial charge on any atom is 0.269 e. The minimum atomic E-state index is -0.438. The summed E-state index contributed by atoms with van der Waals surface area (Å²) >= 11 is 0. The highest BCUT2D eigenvalue weighted by Crippen LogP contribution is 2.39. The third-order valence-electron chi connectivity index (χ3n) is 6.85. The van der Waals surface area contributed by atoms with Gasteiger partial charge in [-0.15, -0.1) is 0 Å². The zero-order valence-corrected chi connectivity index (χ0v) is 19.6. The van der Waals surface area contributed by atoms with Gasteiger partial charge in [0.25, 0.3) is 11.6 Å². The first-order valence-corrected chi connectivity index (χ1v) is 11.8. The van der Waals surface area contributed by atoms with Crippen LogP contribution < -0.4 is 0 Å². The lowest BCUT2D eigenvalue weighted by Crippen LogP contribution is -2.42. The van der Waals surface area contributed by atoms with Gasteiger partial charge in [0.15, 0.2) is 0 Å². The number of nitrogens with zero attached hydrogens (tertiary/aromatic N) is 3. The Bertz CT molecular complexity index is 1150. The number of nitro groups is 1. The Morgan fingerprint density at radius 1 is 1.12 bits per heavy atom. The Hall–Kier alpha value is -3.19. The highest BCUT2D eigenvalue weighted by Gasteiger charge is 2.32. The molecule has 1 aliphatic carbocycles. The molecule has 3 aromatic rings. The molecular formula is C26H32N4O3. The molecule has 2 aromatic carbocycles. The minimum Gasteiger partial charge on any atom is -0.356 e. The zero-order valence-electron chi connectivity index (χ0n) is 19.6. The van der Waals surface area contributed by atoms with Crippen LogP contribution in [0.4, 0.5) is 5.69 Å². The van der Waals surface area contributed by atoms with E-state index in [1.807, 2.05) is 4.90 Å². The fraction of sp³-hybridized carbons (Fsp3) is 0.423. The summed E-state index contributed by atoms with van der Waals surface area (Å²) in [6.45, 7) is 9.62. The molecule has 0 bridgehead atoms. The topological polar surface area (TPSA) is 82.5 Å². The van der Waals surface area contributed by atoms with Crippen LogP contribution in [0.15, 0.2) is 42.5 Å². The Kier molecular flexibility index (Phi) is 6.79. The molecule has 7 heteroatoms. The molecule has 1 aromatic heterocycles. The number of carbonyl (C=O) groups excluding carboxylic acids is 1. The first-order chi connectivity index (χ1) is 15.9. The van der Waals surface area contributed by atoms with Crippen molar-refractivity contribution in [1.82, 2.24) is 14.8 Å². The van der Waals surface area contributed by atoms with Crippen LogP contribution in [-0.4, -0.2) is 51.8 Å². The monoisotopic (exact) mass is 448 g/mol. The van der Waals surface area contributed by atoms with Gasteiger partial charge in [-0.05, 0) is 69.1 Å². The van der Waals surface area contributed by atoms with Gasteiger partial charge in [0.05, 0.1) is 11.0 Å². The molecule has 1 aliphatic rings. The lowest BCUT2D eigenvalue weighted by Gasteiger charge is -2.36. The van der Waals surface area contributed by atoms with E-state index >= 15 is 0 Å². The molecule has 0 radical (unpaired) electrons. The Balaban J connectivity index is 1.71. The van der Waals surface area contributed by atoms with Crippen LogP contribution in [0.25, 0.3) is 10.9 Å². The van der Waals surface area contributed by atoms with Crippen molar-refractivity contribution in [2.75, 3.05) is 26.2 Å². The molecule has 1 unspecified atom stereocenters. The van der Waals surface area contributed by atoms with Crippen molar-refractivity contribution in [2.24, 2.45) is 0 Å². The fourth-order valence-electron chi connectivity index (χ4n) is 4.94. The van der Waals surface area contributed by atoms with E-state index in [1.54, 1.807) is 12.1 Å². The maximum absolute atomic E-state index is 13.7. The summed E-state index contributed by atoms with van der Waals surface area (Å²) in [5.41, 5.74) is 5.27. The number of rotatable bonds is 8. The summed E-state index contributed by atoms with van der Waals surface area (Å²) in [5.74, 6) is -0.0789. The van der Waals surface area contributed by atoms with Gasteiger partial charge in [0.1, 0.15) is 0 Å². The van der Waals surface area contributed by atoms with E-state index in [0.717, 1.165) is 50.1 Å². The van der Waals surface area contributed by atoms with Crippen molar-refractivity contribution in [2.45, 2.75) is 46.1 Å². The van der Waals surface area contributed by atoms with Gasteiger partial charge >= 0.3 is 0 Å². The van der Waals surface area contributed by atoms with E-state index < -0.39 is 4.92 Å².